The first-order valence-corrected chi connectivity index (χ1v) is 7.80. The molecule has 3 aromatic rings. The van der Waals surface area contributed by atoms with Crippen LogP contribution in [0.4, 0.5) is 5.69 Å². The van der Waals surface area contributed by atoms with Gasteiger partial charge in [-0.1, -0.05) is 36.4 Å². The molecule has 4 nitrogen and oxygen atoms in total. The van der Waals surface area contributed by atoms with Crippen molar-refractivity contribution in [3.63, 3.8) is 0 Å². The molecule has 0 aromatic heterocycles. The molecule has 1 aliphatic carbocycles. The Kier molecular flexibility index (Phi) is 3.51. The van der Waals surface area contributed by atoms with Crippen molar-refractivity contribution in [1.82, 2.24) is 0 Å². The lowest BCUT2D eigenvalue weighted by Gasteiger charge is -2.18. The predicted octanol–water partition coefficient (Wildman–Crippen LogP) is 3.92. The van der Waals surface area contributed by atoms with Crippen LogP contribution < -0.4 is 0 Å². The van der Waals surface area contributed by atoms with Gasteiger partial charge < -0.3 is 5.11 Å². The zero-order chi connectivity index (χ0) is 17.4. The van der Waals surface area contributed by atoms with E-state index in [1.165, 1.54) is 0 Å². The van der Waals surface area contributed by atoms with Crippen LogP contribution in [-0.2, 0) is 0 Å². The molecule has 1 N–H and O–H groups in total. The van der Waals surface area contributed by atoms with Crippen LogP contribution in [0.15, 0.2) is 71.7 Å². The minimum atomic E-state index is -0.191. The zero-order valence-corrected chi connectivity index (χ0v) is 13.1. The summed E-state index contributed by atoms with van der Waals surface area (Å²) < 4.78 is 0. The smallest absolute Gasteiger partial charge is 0.196 e. The molecule has 4 heteroatoms. The zero-order valence-electron chi connectivity index (χ0n) is 13.1. The number of nitrogens with zero attached hydrogens (tertiary/aromatic N) is 1. The Hall–Kier alpha value is -3.53. The third kappa shape index (κ3) is 2.54. The summed E-state index contributed by atoms with van der Waals surface area (Å²) >= 11 is 0. The maximum absolute atomic E-state index is 12.9. The van der Waals surface area contributed by atoms with Gasteiger partial charge in [0.1, 0.15) is 5.75 Å². The van der Waals surface area contributed by atoms with Gasteiger partial charge >= 0.3 is 0 Å². The van der Waals surface area contributed by atoms with E-state index in [4.69, 9.17) is 0 Å². The van der Waals surface area contributed by atoms with E-state index in [0.29, 0.717) is 27.9 Å². The van der Waals surface area contributed by atoms with Gasteiger partial charge in [0.2, 0.25) is 0 Å². The molecule has 0 bridgehead atoms. The molecule has 0 spiro atoms. The summed E-state index contributed by atoms with van der Waals surface area (Å²) in [6, 6.07) is 18.5. The molecule has 0 aliphatic heterocycles. The van der Waals surface area contributed by atoms with Crippen molar-refractivity contribution in [2.45, 2.75) is 0 Å². The SMILES string of the molecule is O=C1c2ccccc2C(=O)c2c(N=Cc3ccc(O)cc3)cccc21. The average Bonchev–Trinajstić information content (AvgIpc) is 2.65. The van der Waals surface area contributed by atoms with Crippen LogP contribution in [0.1, 0.15) is 37.4 Å². The third-order valence-electron chi connectivity index (χ3n) is 4.18. The van der Waals surface area contributed by atoms with Crippen molar-refractivity contribution >= 4 is 23.5 Å². The number of phenols is 1. The monoisotopic (exact) mass is 327 g/mol. The molecule has 0 heterocycles. The van der Waals surface area contributed by atoms with E-state index in [0.717, 1.165) is 5.56 Å². The van der Waals surface area contributed by atoms with Gasteiger partial charge in [-0.15, -0.1) is 0 Å². The Bertz CT molecular complexity index is 1030. The van der Waals surface area contributed by atoms with Crippen molar-refractivity contribution in [2.75, 3.05) is 0 Å². The largest absolute Gasteiger partial charge is 0.508 e. The van der Waals surface area contributed by atoms with E-state index >= 15 is 0 Å². The number of hydrogen-bond donors (Lipinski definition) is 1. The second-order valence-electron chi connectivity index (χ2n) is 5.75. The van der Waals surface area contributed by atoms with Crippen LogP contribution in [-0.4, -0.2) is 22.9 Å². The first-order valence-electron chi connectivity index (χ1n) is 7.80. The average molecular weight is 327 g/mol. The van der Waals surface area contributed by atoms with Crippen LogP contribution in [0.2, 0.25) is 0 Å². The molecule has 0 fully saturated rings. The predicted molar refractivity (Wildman–Crippen MR) is 95.1 cm³/mol. The van der Waals surface area contributed by atoms with Gasteiger partial charge in [0.05, 0.1) is 11.3 Å². The van der Waals surface area contributed by atoms with E-state index in [9.17, 15) is 14.7 Å². The first-order chi connectivity index (χ1) is 12.1. The summed E-state index contributed by atoms with van der Waals surface area (Å²) in [4.78, 5) is 30.0. The molecule has 4 rings (SSSR count). The topological polar surface area (TPSA) is 66.7 Å². The number of rotatable bonds is 2. The number of carbonyl (C=O) groups excluding carboxylic acids is 2. The molecule has 0 amide bonds. The van der Waals surface area contributed by atoms with Gasteiger partial charge in [-0.25, -0.2) is 0 Å². The van der Waals surface area contributed by atoms with Crippen LogP contribution in [0.3, 0.4) is 0 Å². The Morgan fingerprint density at radius 1 is 0.720 bits per heavy atom. The molecule has 0 saturated heterocycles. The minimum Gasteiger partial charge on any atom is -0.508 e. The van der Waals surface area contributed by atoms with Crippen LogP contribution >= 0.6 is 0 Å². The van der Waals surface area contributed by atoms with Gasteiger partial charge in [0.15, 0.2) is 11.6 Å². The Balaban J connectivity index is 1.81. The number of phenolic OH excluding ortho intramolecular Hbond substituents is 1. The van der Waals surface area contributed by atoms with Crippen molar-refractivity contribution in [2.24, 2.45) is 4.99 Å². The van der Waals surface area contributed by atoms with Crippen molar-refractivity contribution in [3.05, 3.63) is 94.5 Å². The summed E-state index contributed by atoms with van der Waals surface area (Å²) in [6.45, 7) is 0. The molecule has 1 aliphatic rings. The quantitative estimate of drug-likeness (QED) is 0.568. The fourth-order valence-electron chi connectivity index (χ4n) is 2.94. The second-order valence-corrected chi connectivity index (χ2v) is 5.75. The summed E-state index contributed by atoms with van der Waals surface area (Å²) in [7, 11) is 0. The Morgan fingerprint density at radius 2 is 1.36 bits per heavy atom. The van der Waals surface area contributed by atoms with E-state index in [1.54, 1.807) is 72.9 Å². The molecule has 0 atom stereocenters. The molecular formula is C21H13NO3. The number of carbonyl (C=O) groups is 2. The first kappa shape index (κ1) is 15.0. The van der Waals surface area contributed by atoms with Gasteiger partial charge in [0.25, 0.3) is 0 Å². The number of aliphatic imine (C=N–C) groups is 1. The summed E-state index contributed by atoms with van der Waals surface area (Å²) in [5, 5.41) is 9.33. The maximum Gasteiger partial charge on any atom is 0.196 e. The van der Waals surface area contributed by atoms with Gasteiger partial charge in [0, 0.05) is 22.9 Å². The fourth-order valence-corrected chi connectivity index (χ4v) is 2.94. The van der Waals surface area contributed by atoms with E-state index in [1.807, 2.05) is 0 Å². The maximum atomic E-state index is 12.9. The highest BCUT2D eigenvalue weighted by Gasteiger charge is 2.31. The van der Waals surface area contributed by atoms with Gasteiger partial charge in [-0.2, -0.15) is 0 Å². The van der Waals surface area contributed by atoms with Crippen molar-refractivity contribution < 1.29 is 14.7 Å². The van der Waals surface area contributed by atoms with Gasteiger partial charge in [-0.3, -0.25) is 14.6 Å². The molecular weight excluding hydrogens is 314 g/mol. The lowest BCUT2D eigenvalue weighted by atomic mass is 9.83. The van der Waals surface area contributed by atoms with E-state index in [2.05, 4.69) is 4.99 Å². The standard InChI is InChI=1S/C21H13NO3/c23-14-10-8-13(9-11-14)12-22-18-7-3-6-17-19(18)21(25)16-5-2-1-4-15(16)20(17)24/h1-12,23H. The number of benzene rings is 3. The Morgan fingerprint density at radius 3 is 2.08 bits per heavy atom. The highest BCUT2D eigenvalue weighted by atomic mass is 16.3. The van der Waals surface area contributed by atoms with E-state index < -0.39 is 0 Å². The normalized spacial score (nSPS) is 13.0. The summed E-state index contributed by atoms with van der Waals surface area (Å²) in [5.74, 6) is -0.179. The van der Waals surface area contributed by atoms with Crippen LogP contribution in [0.25, 0.3) is 0 Å². The van der Waals surface area contributed by atoms with E-state index in [-0.39, 0.29) is 17.3 Å². The van der Waals surface area contributed by atoms with Crippen LogP contribution in [0.5, 0.6) is 5.75 Å². The molecule has 0 saturated carbocycles. The highest BCUT2D eigenvalue weighted by molar-refractivity contribution is 6.30. The molecule has 0 unspecified atom stereocenters. The minimum absolute atomic E-state index is 0.160. The number of hydrogen-bond acceptors (Lipinski definition) is 4. The molecule has 3 aromatic carbocycles. The van der Waals surface area contributed by atoms with Crippen LogP contribution in [0, 0.1) is 0 Å². The number of ketones is 2. The number of aromatic hydroxyl groups is 1. The lowest BCUT2D eigenvalue weighted by molar-refractivity contribution is 0.0979. The van der Waals surface area contributed by atoms with Crippen molar-refractivity contribution in [3.8, 4) is 5.75 Å². The highest BCUT2D eigenvalue weighted by Crippen LogP contribution is 2.33. The lowest BCUT2D eigenvalue weighted by Crippen LogP contribution is -2.20. The summed E-state index contributed by atoms with van der Waals surface area (Å²) in [5.41, 5.74) is 2.79. The van der Waals surface area contributed by atoms with Gasteiger partial charge in [-0.05, 0) is 35.9 Å². The summed E-state index contributed by atoms with van der Waals surface area (Å²) in [6.07, 6.45) is 1.60. The van der Waals surface area contributed by atoms with Crippen molar-refractivity contribution in [1.29, 1.82) is 0 Å². The molecule has 120 valence electrons. The Labute approximate surface area is 144 Å². The third-order valence-corrected chi connectivity index (χ3v) is 4.18. The molecule has 0 radical (unpaired) electrons. The fraction of sp³-hybridized carbons (Fsp3) is 0. The molecule has 25 heavy (non-hydrogen) atoms. The number of fused-ring (bicyclic) bond motifs is 2. The second kappa shape index (κ2) is 5.83.